The molecule has 27 heavy (non-hydrogen) atoms. The number of carbonyl (C=O) groups is 1. The Morgan fingerprint density at radius 3 is 2.41 bits per heavy atom. The smallest absolute Gasteiger partial charge is 0.410 e. The molecule has 2 aliphatic rings. The third-order valence-electron chi connectivity index (χ3n) is 5.86. The van der Waals surface area contributed by atoms with E-state index in [4.69, 9.17) is 15.2 Å². The van der Waals surface area contributed by atoms with Gasteiger partial charge in [0.05, 0.1) is 25.9 Å². The maximum absolute atomic E-state index is 13.4. The second-order valence-corrected chi connectivity index (χ2v) is 7.70. The lowest BCUT2D eigenvalue weighted by Crippen LogP contribution is -2.47. The Balaban J connectivity index is 1.52. The zero-order valence-corrected chi connectivity index (χ0v) is 15.9. The van der Waals surface area contributed by atoms with Crippen molar-refractivity contribution in [1.82, 2.24) is 4.90 Å². The summed E-state index contributed by atoms with van der Waals surface area (Å²) in [4.78, 5) is 13.7. The van der Waals surface area contributed by atoms with Crippen molar-refractivity contribution >= 4 is 6.09 Å². The Hall–Kier alpha value is -1.73. The number of carbonyl (C=O) groups excluding carboxylic acids is 1. The summed E-state index contributed by atoms with van der Waals surface area (Å²) in [7, 11) is 1.37. The number of amides is 1. The van der Waals surface area contributed by atoms with Gasteiger partial charge in [-0.05, 0) is 62.6 Å². The van der Waals surface area contributed by atoms with Gasteiger partial charge < -0.3 is 15.2 Å². The van der Waals surface area contributed by atoms with Crippen LogP contribution < -0.4 is 5.73 Å². The van der Waals surface area contributed by atoms with Crippen LogP contribution in [0.4, 0.5) is 13.6 Å². The van der Waals surface area contributed by atoms with Crippen LogP contribution in [0.1, 0.15) is 50.5 Å². The summed E-state index contributed by atoms with van der Waals surface area (Å²) in [6.07, 6.45) is 3.70. The van der Waals surface area contributed by atoms with Gasteiger partial charge in [0.2, 0.25) is 0 Å². The molecule has 1 heterocycles. The summed E-state index contributed by atoms with van der Waals surface area (Å²) < 4.78 is 37.8. The van der Waals surface area contributed by atoms with Crippen molar-refractivity contribution < 1.29 is 23.0 Å². The fourth-order valence-corrected chi connectivity index (χ4v) is 4.43. The molecular formula is C20H28F2N2O3. The molecule has 0 radical (unpaired) electrons. The Kier molecular flexibility index (Phi) is 6.32. The SMILES string of the molecule is COC(=O)N1[C@H](C)C[C@H](N)[C@@H]1CO[C@H]1CC[C@H](c2cc(F)cc(F)c2)CC1. The predicted molar refractivity (Wildman–Crippen MR) is 97.4 cm³/mol. The highest BCUT2D eigenvalue weighted by Gasteiger charge is 2.41. The molecule has 1 saturated carbocycles. The quantitative estimate of drug-likeness (QED) is 0.865. The van der Waals surface area contributed by atoms with Crippen molar-refractivity contribution in [3.05, 3.63) is 35.4 Å². The first-order chi connectivity index (χ1) is 12.9. The summed E-state index contributed by atoms with van der Waals surface area (Å²) in [6.45, 7) is 2.34. The highest BCUT2D eigenvalue weighted by molar-refractivity contribution is 5.69. The molecule has 7 heteroatoms. The van der Waals surface area contributed by atoms with E-state index in [1.54, 1.807) is 4.90 Å². The second-order valence-electron chi connectivity index (χ2n) is 7.70. The van der Waals surface area contributed by atoms with Gasteiger partial charge in [0.15, 0.2) is 0 Å². The van der Waals surface area contributed by atoms with E-state index in [1.165, 1.54) is 19.2 Å². The average molecular weight is 382 g/mol. The largest absolute Gasteiger partial charge is 0.453 e. The van der Waals surface area contributed by atoms with Gasteiger partial charge in [0.1, 0.15) is 11.6 Å². The Labute approximate surface area is 158 Å². The first-order valence-corrected chi connectivity index (χ1v) is 9.58. The lowest BCUT2D eigenvalue weighted by atomic mass is 9.82. The normalized spacial score (nSPS) is 31.1. The van der Waals surface area contributed by atoms with Crippen LogP contribution in [0.3, 0.4) is 0 Å². The van der Waals surface area contributed by atoms with Crippen molar-refractivity contribution in [3.63, 3.8) is 0 Å². The van der Waals surface area contributed by atoms with Crippen LogP contribution in [0.15, 0.2) is 18.2 Å². The van der Waals surface area contributed by atoms with E-state index in [0.717, 1.165) is 43.7 Å². The summed E-state index contributed by atoms with van der Waals surface area (Å²) in [5.41, 5.74) is 6.91. The van der Waals surface area contributed by atoms with E-state index in [-0.39, 0.29) is 36.2 Å². The van der Waals surface area contributed by atoms with Gasteiger partial charge in [0.25, 0.3) is 0 Å². The Morgan fingerprint density at radius 2 is 1.81 bits per heavy atom. The van der Waals surface area contributed by atoms with E-state index in [1.807, 2.05) is 6.92 Å². The molecule has 1 aromatic carbocycles. The first-order valence-electron chi connectivity index (χ1n) is 9.58. The molecule has 5 nitrogen and oxygen atoms in total. The summed E-state index contributed by atoms with van der Waals surface area (Å²) in [5, 5.41) is 0. The van der Waals surface area contributed by atoms with Gasteiger partial charge in [-0.2, -0.15) is 0 Å². The predicted octanol–water partition coefficient (Wildman–Crippen LogP) is 3.56. The fourth-order valence-electron chi connectivity index (χ4n) is 4.43. The lowest BCUT2D eigenvalue weighted by Gasteiger charge is -2.32. The molecule has 1 aliphatic heterocycles. The van der Waals surface area contributed by atoms with Crippen molar-refractivity contribution in [3.8, 4) is 0 Å². The monoisotopic (exact) mass is 382 g/mol. The van der Waals surface area contributed by atoms with Gasteiger partial charge in [-0.1, -0.05) is 0 Å². The topological polar surface area (TPSA) is 64.8 Å². The van der Waals surface area contributed by atoms with Gasteiger partial charge in [-0.15, -0.1) is 0 Å². The number of benzene rings is 1. The number of halogens is 2. The molecule has 1 aliphatic carbocycles. The maximum Gasteiger partial charge on any atom is 0.410 e. The number of nitrogens with zero attached hydrogens (tertiary/aromatic N) is 1. The van der Waals surface area contributed by atoms with Crippen molar-refractivity contribution in [2.24, 2.45) is 5.73 Å². The zero-order valence-electron chi connectivity index (χ0n) is 15.9. The molecule has 2 fully saturated rings. The molecule has 150 valence electrons. The molecule has 0 aromatic heterocycles. The van der Waals surface area contributed by atoms with Gasteiger partial charge in [-0.25, -0.2) is 13.6 Å². The van der Waals surface area contributed by atoms with E-state index < -0.39 is 11.6 Å². The van der Waals surface area contributed by atoms with E-state index in [9.17, 15) is 13.6 Å². The first kappa shape index (κ1) is 20.0. The van der Waals surface area contributed by atoms with Gasteiger partial charge in [0, 0.05) is 18.2 Å². The second kappa shape index (κ2) is 8.52. The minimum Gasteiger partial charge on any atom is -0.453 e. The van der Waals surface area contributed by atoms with Crippen molar-refractivity contribution in [1.29, 1.82) is 0 Å². The Morgan fingerprint density at radius 1 is 1.19 bits per heavy atom. The minimum absolute atomic E-state index is 0.0275. The molecule has 0 spiro atoms. The molecule has 1 saturated heterocycles. The van der Waals surface area contributed by atoms with Crippen LogP contribution in [-0.2, 0) is 9.47 Å². The number of methoxy groups -OCH3 is 1. The van der Waals surface area contributed by atoms with E-state index in [2.05, 4.69) is 0 Å². The highest BCUT2D eigenvalue weighted by atomic mass is 19.1. The number of hydrogen-bond donors (Lipinski definition) is 1. The minimum atomic E-state index is -0.532. The van der Waals surface area contributed by atoms with Crippen LogP contribution in [0.5, 0.6) is 0 Å². The zero-order chi connectivity index (χ0) is 19.6. The summed E-state index contributed by atoms with van der Waals surface area (Å²) >= 11 is 0. The van der Waals surface area contributed by atoms with Crippen molar-refractivity contribution in [2.75, 3.05) is 13.7 Å². The molecule has 2 N–H and O–H groups in total. The van der Waals surface area contributed by atoms with Crippen LogP contribution in [0, 0.1) is 11.6 Å². The molecule has 1 amide bonds. The third-order valence-corrected chi connectivity index (χ3v) is 5.86. The number of ether oxygens (including phenoxy) is 2. The van der Waals surface area contributed by atoms with Crippen LogP contribution in [0.25, 0.3) is 0 Å². The van der Waals surface area contributed by atoms with Crippen LogP contribution in [-0.4, -0.2) is 48.9 Å². The standard InChI is InChI=1S/C20H28F2N2O3/c1-12-7-18(23)19(24(12)20(25)26-2)11-27-17-5-3-13(4-6-17)14-8-15(21)10-16(22)9-14/h8-10,12-13,17-19H,3-7,11,23H2,1-2H3/t12-,13-,17-,18+,19+/m1/s1. The highest BCUT2D eigenvalue weighted by Crippen LogP contribution is 2.35. The summed E-state index contributed by atoms with van der Waals surface area (Å²) in [6, 6.07) is 3.44. The fraction of sp³-hybridized carbons (Fsp3) is 0.650. The van der Waals surface area contributed by atoms with Crippen molar-refractivity contribution in [2.45, 2.75) is 69.2 Å². The molecule has 1 aromatic rings. The molecular weight excluding hydrogens is 354 g/mol. The Bertz CT molecular complexity index is 644. The summed E-state index contributed by atoms with van der Waals surface area (Å²) in [5.74, 6) is -0.915. The number of likely N-dealkylation sites (tertiary alicyclic amines) is 1. The lowest BCUT2D eigenvalue weighted by molar-refractivity contribution is -0.00791. The maximum atomic E-state index is 13.4. The van der Waals surface area contributed by atoms with Crippen LogP contribution in [0.2, 0.25) is 0 Å². The molecule has 0 bridgehead atoms. The van der Waals surface area contributed by atoms with Gasteiger partial charge in [-0.3, -0.25) is 4.90 Å². The van der Waals surface area contributed by atoms with Crippen LogP contribution >= 0.6 is 0 Å². The number of rotatable bonds is 4. The average Bonchev–Trinajstić information content (AvgIpc) is 2.92. The van der Waals surface area contributed by atoms with Gasteiger partial charge >= 0.3 is 6.09 Å². The van der Waals surface area contributed by atoms with E-state index in [0.29, 0.717) is 6.61 Å². The molecule has 0 unspecified atom stereocenters. The third kappa shape index (κ3) is 4.58. The molecule has 3 rings (SSSR count). The van der Waals surface area contributed by atoms with E-state index >= 15 is 0 Å². The number of hydrogen-bond acceptors (Lipinski definition) is 4. The number of nitrogens with two attached hydrogens (primary N) is 1. The molecule has 3 atom stereocenters.